The largest absolute Gasteiger partial charge is 0.444 e. The Morgan fingerprint density at radius 1 is 1.38 bits per heavy atom. The average molecular weight is 335 g/mol. The summed E-state index contributed by atoms with van der Waals surface area (Å²) in [7, 11) is 5.51. The van der Waals surface area contributed by atoms with E-state index >= 15 is 0 Å². The van der Waals surface area contributed by atoms with Crippen LogP contribution in [0, 0.1) is 5.82 Å². The molecule has 1 rings (SSSR count). The number of hydrogen-bond acceptors (Lipinski definition) is 4. The molecule has 24 heavy (non-hydrogen) atoms. The highest BCUT2D eigenvalue weighted by atomic mass is 19.1. The van der Waals surface area contributed by atoms with Gasteiger partial charge < -0.3 is 21.1 Å². The zero-order chi connectivity index (χ0) is 18.3. The molecule has 1 atom stereocenters. The van der Waals surface area contributed by atoms with Crippen molar-refractivity contribution in [3.8, 4) is 0 Å². The molecule has 0 aliphatic carbocycles. The summed E-state index contributed by atoms with van der Waals surface area (Å²) in [5, 5.41) is 5.52. The lowest BCUT2D eigenvalue weighted by atomic mass is 9.95. The normalized spacial score (nSPS) is 12.3. The maximum Gasteiger partial charge on any atom is 0.407 e. The standard InChI is InChI=1S/C16H23BFN3O3/c1-16(2,3)24-15(23)21-10(7-8-13(19)22)9-20-12-6-4-5-11(17)14(12)18/h4-6,10,20H,7-9H2,1-3H3,(H2,19,22)(H,21,23). The predicted octanol–water partition coefficient (Wildman–Crippen LogP) is 1.19. The molecule has 0 bridgehead atoms. The van der Waals surface area contributed by atoms with Gasteiger partial charge in [0.15, 0.2) is 0 Å². The van der Waals surface area contributed by atoms with E-state index in [1.807, 2.05) is 0 Å². The summed E-state index contributed by atoms with van der Waals surface area (Å²) >= 11 is 0. The Hall–Kier alpha value is -2.25. The van der Waals surface area contributed by atoms with Crippen molar-refractivity contribution in [3.63, 3.8) is 0 Å². The lowest BCUT2D eigenvalue weighted by Crippen LogP contribution is -2.43. The number of rotatable bonds is 7. The number of carbonyl (C=O) groups is 2. The maximum absolute atomic E-state index is 13.9. The molecule has 1 aromatic rings. The number of anilines is 1. The van der Waals surface area contributed by atoms with Gasteiger partial charge in [0, 0.05) is 19.0 Å². The van der Waals surface area contributed by atoms with Crippen LogP contribution in [0.4, 0.5) is 14.9 Å². The third-order valence-corrected chi connectivity index (χ3v) is 3.03. The van der Waals surface area contributed by atoms with Crippen LogP contribution in [0.1, 0.15) is 33.6 Å². The van der Waals surface area contributed by atoms with Crippen LogP contribution in [0.5, 0.6) is 0 Å². The van der Waals surface area contributed by atoms with Gasteiger partial charge in [0.25, 0.3) is 0 Å². The highest BCUT2D eigenvalue weighted by Crippen LogP contribution is 2.12. The lowest BCUT2D eigenvalue weighted by Gasteiger charge is -2.24. The molecule has 0 fully saturated rings. The highest BCUT2D eigenvalue weighted by Gasteiger charge is 2.20. The van der Waals surface area contributed by atoms with Gasteiger partial charge >= 0.3 is 6.09 Å². The van der Waals surface area contributed by atoms with E-state index in [0.29, 0.717) is 6.42 Å². The number of primary amides is 1. The van der Waals surface area contributed by atoms with Gasteiger partial charge in [-0.15, -0.1) is 0 Å². The monoisotopic (exact) mass is 335 g/mol. The second kappa shape index (κ2) is 8.56. The summed E-state index contributed by atoms with van der Waals surface area (Å²) < 4.78 is 19.1. The van der Waals surface area contributed by atoms with E-state index < -0.39 is 29.5 Å². The minimum absolute atomic E-state index is 0.0220. The van der Waals surface area contributed by atoms with Gasteiger partial charge in [-0.05, 0) is 33.3 Å². The Morgan fingerprint density at radius 2 is 2.04 bits per heavy atom. The minimum atomic E-state index is -0.647. The molecule has 0 aliphatic rings. The molecule has 2 radical (unpaired) electrons. The van der Waals surface area contributed by atoms with Crippen LogP contribution in [0.3, 0.4) is 0 Å². The molecule has 0 saturated heterocycles. The van der Waals surface area contributed by atoms with Crippen molar-refractivity contribution in [2.45, 2.75) is 45.3 Å². The Labute approximate surface area is 142 Å². The number of ether oxygens (including phenoxy) is 1. The topological polar surface area (TPSA) is 93.5 Å². The van der Waals surface area contributed by atoms with Crippen molar-refractivity contribution < 1.29 is 18.7 Å². The fourth-order valence-electron chi connectivity index (χ4n) is 1.94. The van der Waals surface area contributed by atoms with Crippen LogP contribution in [0.15, 0.2) is 18.2 Å². The van der Waals surface area contributed by atoms with E-state index in [1.165, 1.54) is 12.1 Å². The molecule has 0 aliphatic heterocycles. The van der Waals surface area contributed by atoms with Crippen molar-refractivity contribution in [2.24, 2.45) is 5.73 Å². The summed E-state index contributed by atoms with van der Waals surface area (Å²) in [5.41, 5.74) is 4.73. The number of halogens is 1. The van der Waals surface area contributed by atoms with Crippen molar-refractivity contribution in [2.75, 3.05) is 11.9 Å². The fraction of sp³-hybridized carbons (Fsp3) is 0.500. The number of alkyl carbamates (subject to hydrolysis) is 1. The number of carbonyl (C=O) groups excluding carboxylic acids is 2. The quantitative estimate of drug-likeness (QED) is 0.653. The Kier molecular flexibility index (Phi) is 7.07. The summed E-state index contributed by atoms with van der Waals surface area (Å²) in [5.74, 6) is -1.05. The Balaban J connectivity index is 2.69. The summed E-state index contributed by atoms with van der Waals surface area (Å²) in [6, 6.07) is 4.13. The fourth-order valence-corrected chi connectivity index (χ4v) is 1.94. The van der Waals surface area contributed by atoms with Gasteiger partial charge in [0.05, 0.1) is 5.69 Å². The molecule has 8 heteroatoms. The molecule has 0 saturated carbocycles. The third kappa shape index (κ3) is 7.35. The van der Waals surface area contributed by atoms with Gasteiger partial charge in [0.1, 0.15) is 19.3 Å². The SMILES string of the molecule is [B]c1cccc(NCC(CCC(N)=O)NC(=O)OC(C)(C)C)c1F. The van der Waals surface area contributed by atoms with E-state index in [0.717, 1.165) is 0 Å². The molecule has 1 unspecified atom stereocenters. The third-order valence-electron chi connectivity index (χ3n) is 3.03. The Morgan fingerprint density at radius 3 is 2.62 bits per heavy atom. The van der Waals surface area contributed by atoms with Crippen LogP contribution in [0.2, 0.25) is 0 Å². The van der Waals surface area contributed by atoms with Crippen LogP contribution in [0.25, 0.3) is 0 Å². The lowest BCUT2D eigenvalue weighted by molar-refractivity contribution is -0.118. The second-order valence-corrected chi connectivity index (χ2v) is 6.44. The van der Waals surface area contributed by atoms with Gasteiger partial charge in [0.2, 0.25) is 5.91 Å². The van der Waals surface area contributed by atoms with E-state index in [1.54, 1.807) is 26.8 Å². The van der Waals surface area contributed by atoms with Crippen LogP contribution in [-0.4, -0.2) is 38.0 Å². The van der Waals surface area contributed by atoms with Crippen molar-refractivity contribution >= 4 is 31.0 Å². The molecule has 1 aromatic carbocycles. The number of amides is 2. The first-order valence-corrected chi connectivity index (χ1v) is 7.64. The van der Waals surface area contributed by atoms with E-state index in [2.05, 4.69) is 10.6 Å². The summed E-state index contributed by atoms with van der Waals surface area (Å²) in [6.45, 7) is 5.41. The molecular formula is C16H23BFN3O3. The molecular weight excluding hydrogens is 312 g/mol. The molecule has 6 nitrogen and oxygen atoms in total. The minimum Gasteiger partial charge on any atom is -0.444 e. The molecule has 0 spiro atoms. The van der Waals surface area contributed by atoms with Gasteiger partial charge in [-0.1, -0.05) is 17.6 Å². The van der Waals surface area contributed by atoms with E-state index in [-0.39, 0.29) is 24.1 Å². The smallest absolute Gasteiger partial charge is 0.407 e. The maximum atomic E-state index is 13.9. The van der Waals surface area contributed by atoms with Crippen molar-refractivity contribution in [3.05, 3.63) is 24.0 Å². The zero-order valence-electron chi connectivity index (χ0n) is 14.2. The van der Waals surface area contributed by atoms with E-state index in [4.69, 9.17) is 18.3 Å². The number of benzene rings is 1. The zero-order valence-corrected chi connectivity index (χ0v) is 14.2. The van der Waals surface area contributed by atoms with E-state index in [9.17, 15) is 14.0 Å². The summed E-state index contributed by atoms with van der Waals surface area (Å²) in [6.07, 6.45) is -0.237. The Bertz CT molecular complexity index is 590. The second-order valence-electron chi connectivity index (χ2n) is 6.44. The van der Waals surface area contributed by atoms with Crippen LogP contribution >= 0.6 is 0 Å². The molecule has 130 valence electrons. The van der Waals surface area contributed by atoms with Crippen molar-refractivity contribution in [1.29, 1.82) is 0 Å². The number of nitrogens with two attached hydrogens (primary N) is 1. The highest BCUT2D eigenvalue weighted by molar-refractivity contribution is 6.32. The first kappa shape index (κ1) is 19.8. The van der Waals surface area contributed by atoms with Gasteiger partial charge in [-0.3, -0.25) is 4.79 Å². The van der Waals surface area contributed by atoms with Crippen molar-refractivity contribution in [1.82, 2.24) is 5.32 Å². The molecule has 0 aromatic heterocycles. The molecule has 0 heterocycles. The van der Waals surface area contributed by atoms with Crippen LogP contribution in [-0.2, 0) is 9.53 Å². The first-order valence-electron chi connectivity index (χ1n) is 7.64. The first-order chi connectivity index (χ1) is 11.1. The van der Waals surface area contributed by atoms with Gasteiger partial charge in [-0.25, -0.2) is 9.18 Å². The predicted molar refractivity (Wildman–Crippen MR) is 91.9 cm³/mol. The van der Waals surface area contributed by atoms with Crippen LogP contribution < -0.4 is 21.8 Å². The molecule has 2 amide bonds. The average Bonchev–Trinajstić information content (AvgIpc) is 2.43. The number of hydrogen-bond donors (Lipinski definition) is 3. The summed E-state index contributed by atoms with van der Waals surface area (Å²) in [4.78, 5) is 22.8. The molecule has 4 N–H and O–H groups in total. The number of nitrogens with one attached hydrogen (secondary N) is 2. The van der Waals surface area contributed by atoms with Gasteiger partial charge in [-0.2, -0.15) is 0 Å².